The summed E-state index contributed by atoms with van der Waals surface area (Å²) >= 11 is 0.841. The summed E-state index contributed by atoms with van der Waals surface area (Å²) in [6.45, 7) is 8.98. The molecule has 1 aromatic heterocycles. The van der Waals surface area contributed by atoms with E-state index in [9.17, 15) is 13.2 Å². The number of hydrogen-bond acceptors (Lipinski definition) is 4. The fourth-order valence-corrected chi connectivity index (χ4v) is 5.61. The van der Waals surface area contributed by atoms with Gasteiger partial charge in [-0.05, 0) is 36.3 Å². The summed E-state index contributed by atoms with van der Waals surface area (Å²) < 4.78 is 26.9. The molecule has 1 aliphatic rings. The highest BCUT2D eigenvalue weighted by atomic mass is 32.2. The van der Waals surface area contributed by atoms with Gasteiger partial charge in [0.25, 0.3) is 10.0 Å². The van der Waals surface area contributed by atoms with Crippen LogP contribution in [-0.4, -0.2) is 36.9 Å². The number of thiophene rings is 1. The Morgan fingerprint density at radius 2 is 2.05 bits per heavy atom. The third kappa shape index (κ3) is 3.14. The van der Waals surface area contributed by atoms with Crippen LogP contribution < -0.4 is 0 Å². The van der Waals surface area contributed by atoms with Crippen LogP contribution in [0.15, 0.2) is 10.3 Å². The second-order valence-electron chi connectivity index (χ2n) is 6.60. The van der Waals surface area contributed by atoms with Crippen molar-refractivity contribution in [2.75, 3.05) is 13.1 Å². The van der Waals surface area contributed by atoms with Gasteiger partial charge in [0, 0.05) is 13.1 Å². The van der Waals surface area contributed by atoms with E-state index in [4.69, 9.17) is 5.11 Å². The van der Waals surface area contributed by atoms with Gasteiger partial charge in [0.15, 0.2) is 0 Å². The lowest BCUT2D eigenvalue weighted by Gasteiger charge is -2.26. The molecule has 1 aromatic rings. The number of rotatable bonds is 3. The summed E-state index contributed by atoms with van der Waals surface area (Å²) in [5, 5.41) is 9.06. The molecule has 1 unspecified atom stereocenters. The first-order chi connectivity index (χ1) is 9.53. The van der Waals surface area contributed by atoms with Gasteiger partial charge in [-0.25, -0.2) is 13.2 Å². The first-order valence-corrected chi connectivity index (χ1v) is 9.13. The Morgan fingerprint density at radius 1 is 1.43 bits per heavy atom. The average molecular weight is 331 g/mol. The molecule has 0 radical (unpaired) electrons. The molecular formula is C14H21NO4S2. The lowest BCUT2D eigenvalue weighted by Crippen LogP contribution is -2.30. The standard InChI is InChI=1S/C14H21NO4S2/c1-9-7-11(20-12(9)13(16)17)21(18,19)15-6-5-10(8-15)14(2,3)4/h7,10H,5-6,8H2,1-4H3,(H,16,17). The van der Waals surface area contributed by atoms with Crippen LogP contribution in [0.1, 0.15) is 42.4 Å². The minimum atomic E-state index is -3.58. The Morgan fingerprint density at radius 3 is 2.48 bits per heavy atom. The highest BCUT2D eigenvalue weighted by Crippen LogP contribution is 2.37. The molecule has 21 heavy (non-hydrogen) atoms. The Balaban J connectivity index is 2.28. The highest BCUT2D eigenvalue weighted by Gasteiger charge is 2.38. The van der Waals surface area contributed by atoms with Crippen LogP contribution in [0, 0.1) is 18.3 Å². The molecule has 1 saturated heterocycles. The van der Waals surface area contributed by atoms with Crippen LogP contribution in [0.3, 0.4) is 0 Å². The van der Waals surface area contributed by atoms with Crippen molar-refractivity contribution in [1.82, 2.24) is 4.31 Å². The molecule has 118 valence electrons. The first-order valence-electron chi connectivity index (χ1n) is 6.87. The molecule has 0 aromatic carbocycles. The molecule has 7 heteroatoms. The van der Waals surface area contributed by atoms with Gasteiger partial charge < -0.3 is 5.11 Å². The zero-order chi connectivity index (χ0) is 16.0. The van der Waals surface area contributed by atoms with Crippen molar-refractivity contribution in [3.63, 3.8) is 0 Å². The number of nitrogens with zero attached hydrogens (tertiary/aromatic N) is 1. The van der Waals surface area contributed by atoms with Crippen molar-refractivity contribution >= 4 is 27.3 Å². The highest BCUT2D eigenvalue weighted by molar-refractivity contribution is 7.91. The molecule has 1 fully saturated rings. The van der Waals surface area contributed by atoms with Gasteiger partial charge in [0.2, 0.25) is 0 Å². The number of aryl methyl sites for hydroxylation is 1. The van der Waals surface area contributed by atoms with Crippen molar-refractivity contribution in [2.45, 2.75) is 38.3 Å². The van der Waals surface area contributed by atoms with Gasteiger partial charge >= 0.3 is 5.97 Å². The van der Waals surface area contributed by atoms with Crippen LogP contribution in [-0.2, 0) is 10.0 Å². The van der Waals surface area contributed by atoms with Gasteiger partial charge in [-0.1, -0.05) is 20.8 Å². The van der Waals surface area contributed by atoms with Gasteiger partial charge in [0.05, 0.1) is 0 Å². The number of carboxylic acids is 1. The summed E-state index contributed by atoms with van der Waals surface area (Å²) in [5.41, 5.74) is 0.569. The van der Waals surface area contributed by atoms with Crippen molar-refractivity contribution in [3.8, 4) is 0 Å². The lowest BCUT2D eigenvalue weighted by atomic mass is 9.80. The summed E-state index contributed by atoms with van der Waals surface area (Å²) in [7, 11) is -3.58. The van der Waals surface area contributed by atoms with Crippen LogP contribution in [0.5, 0.6) is 0 Å². The Kier molecular flexibility index (Phi) is 4.21. The summed E-state index contributed by atoms with van der Waals surface area (Å²) in [6.07, 6.45) is 0.846. The molecule has 5 nitrogen and oxygen atoms in total. The number of aromatic carboxylic acids is 1. The topological polar surface area (TPSA) is 74.7 Å². The maximum absolute atomic E-state index is 12.6. The third-order valence-electron chi connectivity index (χ3n) is 4.06. The van der Waals surface area contributed by atoms with E-state index in [1.165, 1.54) is 10.4 Å². The fraction of sp³-hybridized carbons (Fsp3) is 0.643. The van der Waals surface area contributed by atoms with Crippen LogP contribution in [0.4, 0.5) is 0 Å². The second kappa shape index (κ2) is 5.37. The van der Waals surface area contributed by atoms with E-state index in [2.05, 4.69) is 20.8 Å². The number of carbonyl (C=O) groups is 1. The van der Waals surface area contributed by atoms with Crippen LogP contribution in [0.25, 0.3) is 0 Å². The smallest absolute Gasteiger partial charge is 0.346 e. The van der Waals surface area contributed by atoms with E-state index in [0.717, 1.165) is 17.8 Å². The van der Waals surface area contributed by atoms with Crippen LogP contribution in [0.2, 0.25) is 0 Å². The molecule has 0 aliphatic carbocycles. The summed E-state index contributed by atoms with van der Waals surface area (Å²) in [4.78, 5) is 11.2. The Bertz CT molecular complexity index is 655. The number of carboxylic acid groups (broad SMARTS) is 1. The molecule has 2 rings (SSSR count). The van der Waals surface area contributed by atoms with Crippen molar-refractivity contribution < 1.29 is 18.3 Å². The quantitative estimate of drug-likeness (QED) is 0.924. The first kappa shape index (κ1) is 16.5. The van der Waals surface area contributed by atoms with Crippen molar-refractivity contribution in [1.29, 1.82) is 0 Å². The zero-order valence-corrected chi connectivity index (χ0v) is 14.3. The van der Waals surface area contributed by atoms with E-state index in [1.54, 1.807) is 6.92 Å². The average Bonchev–Trinajstić information content (AvgIpc) is 2.93. The van der Waals surface area contributed by atoms with E-state index in [1.807, 2.05) is 0 Å². The van der Waals surface area contributed by atoms with Gasteiger partial charge in [0.1, 0.15) is 9.09 Å². The summed E-state index contributed by atoms with van der Waals surface area (Å²) in [5.74, 6) is -0.750. The second-order valence-corrected chi connectivity index (χ2v) is 9.81. The maximum atomic E-state index is 12.6. The van der Waals surface area contributed by atoms with E-state index >= 15 is 0 Å². The Labute approximate surface area is 129 Å². The largest absolute Gasteiger partial charge is 0.477 e. The molecular weight excluding hydrogens is 310 g/mol. The monoisotopic (exact) mass is 331 g/mol. The minimum absolute atomic E-state index is 0.0713. The predicted octanol–water partition coefficient (Wildman–Crippen LogP) is 2.81. The zero-order valence-electron chi connectivity index (χ0n) is 12.7. The predicted molar refractivity (Wildman–Crippen MR) is 82.3 cm³/mol. The molecule has 2 heterocycles. The third-order valence-corrected chi connectivity index (χ3v) is 7.60. The normalized spacial score (nSPS) is 20.9. The SMILES string of the molecule is Cc1cc(S(=O)(=O)N2CCC(C(C)(C)C)C2)sc1C(=O)O. The molecule has 0 bridgehead atoms. The molecule has 0 spiro atoms. The minimum Gasteiger partial charge on any atom is -0.477 e. The molecule has 0 saturated carbocycles. The molecule has 0 amide bonds. The lowest BCUT2D eigenvalue weighted by molar-refractivity contribution is 0.0701. The Hall–Kier alpha value is -0.920. The van der Waals surface area contributed by atoms with Gasteiger partial charge in [-0.15, -0.1) is 11.3 Å². The molecule has 1 atom stereocenters. The summed E-state index contributed by atoms with van der Waals surface area (Å²) in [6, 6.07) is 1.47. The van der Waals surface area contributed by atoms with Crippen molar-refractivity contribution in [2.24, 2.45) is 11.3 Å². The molecule has 1 aliphatic heterocycles. The maximum Gasteiger partial charge on any atom is 0.346 e. The van der Waals surface area contributed by atoms with Crippen LogP contribution >= 0.6 is 11.3 Å². The van der Waals surface area contributed by atoms with Gasteiger partial charge in [-0.2, -0.15) is 4.31 Å². The number of hydrogen-bond donors (Lipinski definition) is 1. The van der Waals surface area contributed by atoms with E-state index in [0.29, 0.717) is 24.6 Å². The number of sulfonamides is 1. The van der Waals surface area contributed by atoms with E-state index in [-0.39, 0.29) is 14.5 Å². The molecule has 1 N–H and O–H groups in total. The fourth-order valence-electron chi connectivity index (χ4n) is 2.57. The van der Waals surface area contributed by atoms with Gasteiger partial charge in [-0.3, -0.25) is 0 Å². The van der Waals surface area contributed by atoms with E-state index < -0.39 is 16.0 Å². The van der Waals surface area contributed by atoms with Crippen molar-refractivity contribution in [3.05, 3.63) is 16.5 Å².